The summed E-state index contributed by atoms with van der Waals surface area (Å²) < 4.78 is 12.6. The zero-order valence-corrected chi connectivity index (χ0v) is 17.8. The van der Waals surface area contributed by atoms with Crippen molar-refractivity contribution in [2.45, 2.75) is 11.5 Å². The third-order valence-electron chi connectivity index (χ3n) is 4.94. The predicted octanol–water partition coefficient (Wildman–Crippen LogP) is 6.05. The smallest absolute Gasteiger partial charge is 0.256 e. The summed E-state index contributed by atoms with van der Waals surface area (Å²) in [4.78, 5) is 13.0. The summed E-state index contributed by atoms with van der Waals surface area (Å²) in [6, 6.07) is 34.9. The van der Waals surface area contributed by atoms with Gasteiger partial charge in [-0.05, 0) is 40.5 Å². The third kappa shape index (κ3) is 5.56. The molecule has 0 aromatic heterocycles. The van der Waals surface area contributed by atoms with Crippen LogP contribution < -0.4 is 5.32 Å². The molecular formula is C27H23NO2S. The van der Waals surface area contributed by atoms with Crippen LogP contribution in [0.1, 0.15) is 21.5 Å². The van der Waals surface area contributed by atoms with Crippen molar-refractivity contribution in [3.8, 4) is 11.1 Å². The summed E-state index contributed by atoms with van der Waals surface area (Å²) in [5.41, 5.74) is 5.19. The van der Waals surface area contributed by atoms with Crippen LogP contribution in [0.4, 0.5) is 5.69 Å². The second kappa shape index (κ2) is 10.0. The monoisotopic (exact) mass is 425 g/mol. The van der Waals surface area contributed by atoms with Crippen LogP contribution in [0.3, 0.4) is 0 Å². The van der Waals surface area contributed by atoms with E-state index in [4.69, 9.17) is 0 Å². The van der Waals surface area contributed by atoms with Crippen LogP contribution in [0.5, 0.6) is 0 Å². The molecule has 31 heavy (non-hydrogen) atoms. The summed E-state index contributed by atoms with van der Waals surface area (Å²) in [5, 5.41) is 2.99. The first-order chi connectivity index (χ1) is 15.2. The van der Waals surface area contributed by atoms with Crippen LogP contribution in [0.2, 0.25) is 0 Å². The minimum atomic E-state index is -1.02. The maximum absolute atomic E-state index is 13.0. The first-order valence-electron chi connectivity index (χ1n) is 10.1. The molecule has 4 heteroatoms. The number of anilines is 1. The molecule has 0 heterocycles. The van der Waals surface area contributed by atoms with Gasteiger partial charge in [-0.15, -0.1) is 0 Å². The number of rotatable bonds is 7. The van der Waals surface area contributed by atoms with Gasteiger partial charge in [0.25, 0.3) is 5.91 Å². The first kappa shape index (κ1) is 20.8. The largest absolute Gasteiger partial charge is 0.322 e. The van der Waals surface area contributed by atoms with E-state index in [2.05, 4.69) is 5.32 Å². The lowest BCUT2D eigenvalue weighted by atomic mass is 9.99. The standard InChI is InChI=1S/C27H23NO2S/c29-27(26-17-8-7-16-25(26)23-13-5-2-6-14-23)28-24-15-9-12-22(18-24)20-31(30)19-21-10-3-1-4-11-21/h1-18H,19-20H2,(H,28,29). The van der Waals surface area contributed by atoms with Gasteiger partial charge in [0.1, 0.15) is 0 Å². The predicted molar refractivity (Wildman–Crippen MR) is 128 cm³/mol. The lowest BCUT2D eigenvalue weighted by Gasteiger charge is -2.11. The number of hydrogen-bond acceptors (Lipinski definition) is 2. The zero-order chi connectivity index (χ0) is 21.5. The van der Waals surface area contributed by atoms with Crippen molar-refractivity contribution in [2.75, 3.05) is 5.32 Å². The summed E-state index contributed by atoms with van der Waals surface area (Å²) in [6.07, 6.45) is 0. The van der Waals surface area contributed by atoms with Crippen LogP contribution in [-0.4, -0.2) is 10.1 Å². The summed E-state index contributed by atoms with van der Waals surface area (Å²) >= 11 is 0. The van der Waals surface area contributed by atoms with E-state index < -0.39 is 10.8 Å². The molecule has 0 radical (unpaired) electrons. The van der Waals surface area contributed by atoms with Gasteiger partial charge in [-0.2, -0.15) is 0 Å². The molecule has 0 aliphatic rings. The lowest BCUT2D eigenvalue weighted by Crippen LogP contribution is -2.13. The molecule has 0 aliphatic heterocycles. The van der Waals surface area contributed by atoms with E-state index in [-0.39, 0.29) is 5.91 Å². The van der Waals surface area contributed by atoms with E-state index in [1.807, 2.05) is 109 Å². The van der Waals surface area contributed by atoms with Crippen molar-refractivity contribution >= 4 is 22.4 Å². The van der Waals surface area contributed by atoms with Crippen molar-refractivity contribution in [2.24, 2.45) is 0 Å². The fraction of sp³-hybridized carbons (Fsp3) is 0.0741. The summed E-state index contributed by atoms with van der Waals surface area (Å²) in [5.74, 6) is 0.795. The quantitative estimate of drug-likeness (QED) is 0.391. The van der Waals surface area contributed by atoms with Crippen LogP contribution in [-0.2, 0) is 22.3 Å². The van der Waals surface area contributed by atoms with Gasteiger partial charge >= 0.3 is 0 Å². The fourth-order valence-electron chi connectivity index (χ4n) is 3.48. The molecule has 0 saturated heterocycles. The van der Waals surface area contributed by atoms with Gasteiger partial charge < -0.3 is 5.32 Å². The molecule has 4 rings (SSSR count). The summed E-state index contributed by atoms with van der Waals surface area (Å²) in [7, 11) is -1.02. The molecule has 1 atom stereocenters. The topological polar surface area (TPSA) is 46.2 Å². The van der Waals surface area contributed by atoms with E-state index in [0.717, 1.165) is 22.3 Å². The molecular weight excluding hydrogens is 402 g/mol. The number of carbonyl (C=O) groups excluding carboxylic acids is 1. The molecule has 1 unspecified atom stereocenters. The molecule has 0 saturated carbocycles. The Kier molecular flexibility index (Phi) is 6.70. The Hall–Kier alpha value is -3.50. The Bertz CT molecular complexity index is 1190. The Morgan fingerprint density at radius 1 is 0.677 bits per heavy atom. The average molecular weight is 426 g/mol. The van der Waals surface area contributed by atoms with Crippen molar-refractivity contribution < 1.29 is 9.00 Å². The second-order valence-electron chi connectivity index (χ2n) is 7.28. The van der Waals surface area contributed by atoms with Crippen LogP contribution in [0.15, 0.2) is 109 Å². The fourth-order valence-corrected chi connectivity index (χ4v) is 4.70. The number of carbonyl (C=O) groups is 1. The molecule has 0 spiro atoms. The van der Waals surface area contributed by atoms with Crippen LogP contribution >= 0.6 is 0 Å². The first-order valence-corrected chi connectivity index (χ1v) is 11.6. The Morgan fingerprint density at radius 2 is 1.29 bits per heavy atom. The van der Waals surface area contributed by atoms with Gasteiger partial charge in [0, 0.05) is 33.6 Å². The maximum atomic E-state index is 13.0. The molecule has 3 nitrogen and oxygen atoms in total. The normalized spacial score (nSPS) is 11.6. The molecule has 4 aromatic carbocycles. The molecule has 154 valence electrons. The maximum Gasteiger partial charge on any atom is 0.256 e. The van der Waals surface area contributed by atoms with Crippen LogP contribution in [0.25, 0.3) is 11.1 Å². The van der Waals surface area contributed by atoms with Crippen molar-refractivity contribution in [3.63, 3.8) is 0 Å². The van der Waals surface area contributed by atoms with E-state index in [1.165, 1.54) is 0 Å². The highest BCUT2D eigenvalue weighted by Gasteiger charge is 2.13. The van der Waals surface area contributed by atoms with E-state index in [1.54, 1.807) is 0 Å². The minimum absolute atomic E-state index is 0.165. The molecule has 1 amide bonds. The van der Waals surface area contributed by atoms with Crippen molar-refractivity contribution in [3.05, 3.63) is 126 Å². The van der Waals surface area contributed by atoms with Gasteiger partial charge in [-0.1, -0.05) is 91.0 Å². The van der Waals surface area contributed by atoms with Gasteiger partial charge in [0.05, 0.1) is 0 Å². The highest BCUT2D eigenvalue weighted by atomic mass is 32.2. The molecule has 0 bridgehead atoms. The van der Waals surface area contributed by atoms with Gasteiger partial charge in [0.2, 0.25) is 0 Å². The SMILES string of the molecule is O=C(Nc1cccc(CS(=O)Cc2ccccc2)c1)c1ccccc1-c1ccccc1. The number of amides is 1. The van der Waals surface area contributed by atoms with Gasteiger partial charge in [-0.3, -0.25) is 9.00 Å². The molecule has 4 aromatic rings. The number of benzene rings is 4. The van der Waals surface area contributed by atoms with E-state index in [9.17, 15) is 9.00 Å². The number of nitrogens with one attached hydrogen (secondary N) is 1. The third-order valence-corrected chi connectivity index (χ3v) is 6.25. The van der Waals surface area contributed by atoms with Crippen LogP contribution in [0, 0.1) is 0 Å². The Balaban J connectivity index is 1.47. The lowest BCUT2D eigenvalue weighted by molar-refractivity contribution is 0.102. The summed E-state index contributed by atoms with van der Waals surface area (Å²) in [6.45, 7) is 0. The van der Waals surface area contributed by atoms with Crippen molar-refractivity contribution in [1.29, 1.82) is 0 Å². The van der Waals surface area contributed by atoms with Gasteiger partial charge in [-0.25, -0.2) is 0 Å². The highest BCUT2D eigenvalue weighted by Crippen LogP contribution is 2.24. The molecule has 0 fully saturated rings. The second-order valence-corrected chi connectivity index (χ2v) is 8.74. The molecule has 1 N–H and O–H groups in total. The van der Waals surface area contributed by atoms with Crippen molar-refractivity contribution in [1.82, 2.24) is 0 Å². The minimum Gasteiger partial charge on any atom is -0.322 e. The Morgan fingerprint density at radius 3 is 2.06 bits per heavy atom. The van der Waals surface area contributed by atoms with E-state index >= 15 is 0 Å². The Labute approximate surface area is 185 Å². The van der Waals surface area contributed by atoms with Gasteiger partial charge in [0.15, 0.2) is 0 Å². The van der Waals surface area contributed by atoms with E-state index in [0.29, 0.717) is 22.8 Å². The average Bonchev–Trinajstić information content (AvgIpc) is 2.80. The number of hydrogen-bond donors (Lipinski definition) is 1. The zero-order valence-electron chi connectivity index (χ0n) is 17.0. The molecule has 0 aliphatic carbocycles. The highest BCUT2D eigenvalue weighted by molar-refractivity contribution is 7.83.